The molecule has 0 atom stereocenters. The molecule has 4 aromatic rings. The highest BCUT2D eigenvalue weighted by molar-refractivity contribution is 5.75. The minimum Gasteiger partial charge on any atom is -0.465 e. The number of fused-ring (bicyclic) bond motifs is 1. The van der Waals surface area contributed by atoms with Crippen LogP contribution >= 0.6 is 0 Å². The van der Waals surface area contributed by atoms with Crippen LogP contribution < -0.4 is 4.90 Å². The van der Waals surface area contributed by atoms with Gasteiger partial charge in [-0.3, -0.25) is 9.58 Å². The van der Waals surface area contributed by atoms with Crippen LogP contribution in [0.1, 0.15) is 11.5 Å². The molecule has 0 bridgehead atoms. The van der Waals surface area contributed by atoms with Gasteiger partial charge in [-0.1, -0.05) is 6.07 Å². The number of hydrogen-bond acceptors (Lipinski definition) is 5. The van der Waals surface area contributed by atoms with Crippen molar-refractivity contribution in [3.8, 4) is 11.1 Å². The Bertz CT molecular complexity index is 1100. The summed E-state index contributed by atoms with van der Waals surface area (Å²) in [6.07, 6.45) is 7.95. The minimum absolute atomic E-state index is 0.880. The molecule has 7 heteroatoms. The van der Waals surface area contributed by atoms with Gasteiger partial charge in [-0.05, 0) is 25.1 Å². The third kappa shape index (κ3) is 3.18. The summed E-state index contributed by atoms with van der Waals surface area (Å²) in [4.78, 5) is 4.87. The molecule has 5 heterocycles. The Balaban J connectivity index is 1.30. The number of aryl methyl sites for hydroxylation is 2. The predicted molar refractivity (Wildman–Crippen MR) is 108 cm³/mol. The molecule has 1 aliphatic rings. The van der Waals surface area contributed by atoms with Gasteiger partial charge in [0.05, 0.1) is 30.1 Å². The molecule has 0 N–H and O–H groups in total. The zero-order valence-corrected chi connectivity index (χ0v) is 16.2. The second kappa shape index (κ2) is 6.83. The van der Waals surface area contributed by atoms with Crippen molar-refractivity contribution < 1.29 is 4.42 Å². The van der Waals surface area contributed by atoms with E-state index in [0.717, 1.165) is 60.9 Å². The molecular formula is C21H24N6O. The lowest BCUT2D eigenvalue weighted by molar-refractivity contribution is 0.229. The van der Waals surface area contributed by atoms with Gasteiger partial charge in [-0.25, -0.2) is 4.52 Å². The lowest BCUT2D eigenvalue weighted by Crippen LogP contribution is -2.45. The molecule has 0 aromatic carbocycles. The van der Waals surface area contributed by atoms with E-state index in [2.05, 4.69) is 44.4 Å². The molecule has 0 amide bonds. The van der Waals surface area contributed by atoms with Gasteiger partial charge < -0.3 is 9.32 Å². The van der Waals surface area contributed by atoms with Crippen LogP contribution in [0.15, 0.2) is 53.5 Å². The van der Waals surface area contributed by atoms with Crippen LogP contribution in [0, 0.1) is 6.92 Å². The Kier molecular flexibility index (Phi) is 4.16. The van der Waals surface area contributed by atoms with Crippen LogP contribution in [-0.2, 0) is 13.6 Å². The number of anilines is 1. The van der Waals surface area contributed by atoms with Crippen LogP contribution in [0.4, 0.5) is 5.69 Å². The van der Waals surface area contributed by atoms with Gasteiger partial charge in [0.1, 0.15) is 11.5 Å². The van der Waals surface area contributed by atoms with E-state index in [1.165, 1.54) is 5.69 Å². The number of rotatable bonds is 4. The average Bonchev–Trinajstić information content (AvgIpc) is 3.42. The van der Waals surface area contributed by atoms with Crippen molar-refractivity contribution in [3.05, 3.63) is 60.6 Å². The molecule has 5 rings (SSSR count). The molecule has 0 spiro atoms. The summed E-state index contributed by atoms with van der Waals surface area (Å²) >= 11 is 0. The number of piperazine rings is 1. The molecule has 0 radical (unpaired) electrons. The first-order chi connectivity index (χ1) is 13.7. The Labute approximate surface area is 163 Å². The molecule has 1 fully saturated rings. The van der Waals surface area contributed by atoms with E-state index in [0.29, 0.717) is 0 Å². The average molecular weight is 376 g/mol. The summed E-state index contributed by atoms with van der Waals surface area (Å²) in [5, 5.41) is 8.85. The SMILES string of the molecule is Cc1ccc(CN2CCN(c3cnn4cc(-c5cnn(C)c5)ccc34)CC2)o1. The Hall–Kier alpha value is -3.06. The summed E-state index contributed by atoms with van der Waals surface area (Å²) in [6, 6.07) is 8.41. The monoisotopic (exact) mass is 376 g/mol. The van der Waals surface area contributed by atoms with Gasteiger partial charge in [0.2, 0.25) is 0 Å². The smallest absolute Gasteiger partial charge is 0.118 e. The first-order valence-corrected chi connectivity index (χ1v) is 9.65. The third-order valence-corrected chi connectivity index (χ3v) is 5.42. The van der Waals surface area contributed by atoms with E-state index >= 15 is 0 Å². The lowest BCUT2D eigenvalue weighted by atomic mass is 10.1. The van der Waals surface area contributed by atoms with E-state index < -0.39 is 0 Å². The van der Waals surface area contributed by atoms with E-state index in [1.54, 1.807) is 0 Å². The standard InChI is InChI=1S/C21H24N6O/c1-16-3-5-19(28-16)15-25-7-9-26(10-8-25)21-12-23-27-14-17(4-6-20(21)27)18-11-22-24(2)13-18/h3-6,11-14H,7-10,15H2,1-2H3. The third-order valence-electron chi connectivity index (χ3n) is 5.42. The highest BCUT2D eigenvalue weighted by Crippen LogP contribution is 2.26. The Morgan fingerprint density at radius 2 is 1.79 bits per heavy atom. The van der Waals surface area contributed by atoms with Crippen LogP contribution in [0.3, 0.4) is 0 Å². The van der Waals surface area contributed by atoms with Crippen molar-refractivity contribution in [1.82, 2.24) is 24.3 Å². The number of aromatic nitrogens is 4. The molecule has 7 nitrogen and oxygen atoms in total. The van der Waals surface area contributed by atoms with Crippen LogP contribution in [0.25, 0.3) is 16.6 Å². The van der Waals surface area contributed by atoms with Gasteiger partial charge in [0, 0.05) is 56.7 Å². The summed E-state index contributed by atoms with van der Waals surface area (Å²) in [6.45, 7) is 6.89. The fraction of sp³-hybridized carbons (Fsp3) is 0.333. The highest BCUT2D eigenvalue weighted by atomic mass is 16.3. The Morgan fingerprint density at radius 1 is 0.929 bits per heavy atom. The largest absolute Gasteiger partial charge is 0.465 e. The zero-order valence-electron chi connectivity index (χ0n) is 16.2. The molecule has 1 saturated heterocycles. The van der Waals surface area contributed by atoms with Crippen molar-refractivity contribution in [2.75, 3.05) is 31.1 Å². The topological polar surface area (TPSA) is 54.7 Å². The van der Waals surface area contributed by atoms with E-state index in [1.807, 2.05) is 47.8 Å². The normalized spacial score (nSPS) is 15.6. The molecule has 0 saturated carbocycles. The van der Waals surface area contributed by atoms with Gasteiger partial charge in [0.25, 0.3) is 0 Å². The summed E-state index contributed by atoms with van der Waals surface area (Å²) < 4.78 is 9.50. The first-order valence-electron chi connectivity index (χ1n) is 9.65. The summed E-state index contributed by atoms with van der Waals surface area (Å²) in [5.74, 6) is 2.02. The van der Waals surface area contributed by atoms with Gasteiger partial charge in [-0.2, -0.15) is 10.2 Å². The number of furan rings is 1. The van der Waals surface area contributed by atoms with Crippen molar-refractivity contribution in [3.63, 3.8) is 0 Å². The number of nitrogens with zero attached hydrogens (tertiary/aromatic N) is 6. The molecule has 0 unspecified atom stereocenters. The van der Waals surface area contributed by atoms with Crippen molar-refractivity contribution in [2.24, 2.45) is 7.05 Å². The van der Waals surface area contributed by atoms with Gasteiger partial charge >= 0.3 is 0 Å². The van der Waals surface area contributed by atoms with Crippen molar-refractivity contribution in [1.29, 1.82) is 0 Å². The van der Waals surface area contributed by atoms with Gasteiger partial charge in [-0.15, -0.1) is 0 Å². The molecule has 144 valence electrons. The highest BCUT2D eigenvalue weighted by Gasteiger charge is 2.21. The summed E-state index contributed by atoms with van der Waals surface area (Å²) in [7, 11) is 1.93. The van der Waals surface area contributed by atoms with Crippen molar-refractivity contribution >= 4 is 11.2 Å². The predicted octanol–water partition coefficient (Wildman–Crippen LogP) is 2.96. The Morgan fingerprint density at radius 3 is 2.50 bits per heavy atom. The fourth-order valence-corrected chi connectivity index (χ4v) is 3.89. The second-order valence-electron chi connectivity index (χ2n) is 7.46. The zero-order chi connectivity index (χ0) is 19.1. The fourth-order valence-electron chi connectivity index (χ4n) is 3.89. The second-order valence-corrected chi connectivity index (χ2v) is 7.46. The van der Waals surface area contributed by atoms with Crippen LogP contribution in [0.2, 0.25) is 0 Å². The van der Waals surface area contributed by atoms with Gasteiger partial charge in [0.15, 0.2) is 0 Å². The molecular weight excluding hydrogens is 352 g/mol. The van der Waals surface area contributed by atoms with E-state index in [9.17, 15) is 0 Å². The minimum atomic E-state index is 0.880. The molecule has 28 heavy (non-hydrogen) atoms. The molecule has 1 aliphatic heterocycles. The van der Waals surface area contributed by atoms with Crippen molar-refractivity contribution in [2.45, 2.75) is 13.5 Å². The number of pyridine rings is 1. The van der Waals surface area contributed by atoms with E-state index in [-0.39, 0.29) is 0 Å². The van der Waals surface area contributed by atoms with Crippen LogP contribution in [-0.4, -0.2) is 50.5 Å². The maximum atomic E-state index is 5.72. The number of hydrogen-bond donors (Lipinski definition) is 0. The maximum Gasteiger partial charge on any atom is 0.118 e. The lowest BCUT2D eigenvalue weighted by Gasteiger charge is -2.35. The molecule has 0 aliphatic carbocycles. The molecule has 4 aromatic heterocycles. The summed E-state index contributed by atoms with van der Waals surface area (Å²) in [5.41, 5.74) is 4.56. The quantitative estimate of drug-likeness (QED) is 0.548. The van der Waals surface area contributed by atoms with E-state index in [4.69, 9.17) is 4.42 Å². The van der Waals surface area contributed by atoms with Crippen LogP contribution in [0.5, 0.6) is 0 Å². The maximum absolute atomic E-state index is 5.72. The first kappa shape index (κ1) is 17.1.